The van der Waals surface area contributed by atoms with Crippen molar-refractivity contribution in [2.24, 2.45) is 0 Å². The molecular formula is C12H13NO3. The zero-order valence-corrected chi connectivity index (χ0v) is 8.76. The molecule has 84 valence electrons. The van der Waals surface area contributed by atoms with Gasteiger partial charge in [0.15, 0.2) is 11.8 Å². The molecule has 4 nitrogen and oxygen atoms in total. The summed E-state index contributed by atoms with van der Waals surface area (Å²) in [6.45, 7) is 4.08. The number of nitrogens with zero attached hydrogens (tertiary/aromatic N) is 1. The molecule has 1 aromatic heterocycles. The van der Waals surface area contributed by atoms with E-state index in [1.807, 2.05) is 0 Å². The number of hydrogen-bond donors (Lipinski definition) is 2. The van der Waals surface area contributed by atoms with Gasteiger partial charge >= 0.3 is 0 Å². The van der Waals surface area contributed by atoms with Crippen LogP contribution in [0.1, 0.15) is 29.4 Å². The first kappa shape index (κ1) is 8.70. The Morgan fingerprint density at radius 1 is 1.25 bits per heavy atom. The van der Waals surface area contributed by atoms with Crippen LogP contribution in [0, 0.1) is 0 Å². The van der Waals surface area contributed by atoms with Crippen molar-refractivity contribution in [1.82, 2.24) is 4.57 Å². The predicted octanol–water partition coefficient (Wildman–Crippen LogP) is 1.44. The third kappa shape index (κ3) is 0.745. The molecule has 3 aliphatic rings. The van der Waals surface area contributed by atoms with Crippen molar-refractivity contribution in [2.75, 3.05) is 0 Å². The molecule has 2 aliphatic carbocycles. The normalized spacial score (nSPS) is 37.2. The maximum atomic E-state index is 10.1. The molecule has 0 amide bonds. The van der Waals surface area contributed by atoms with E-state index >= 15 is 0 Å². The van der Waals surface area contributed by atoms with Gasteiger partial charge < -0.3 is 14.9 Å². The zero-order chi connectivity index (χ0) is 11.0. The van der Waals surface area contributed by atoms with E-state index in [9.17, 15) is 10.2 Å². The minimum atomic E-state index is 0.203. The Balaban J connectivity index is 1.93. The van der Waals surface area contributed by atoms with Gasteiger partial charge in [0.1, 0.15) is 0 Å². The molecule has 4 heteroatoms. The second-order valence-corrected chi connectivity index (χ2v) is 4.89. The molecule has 2 heterocycles. The van der Waals surface area contributed by atoms with E-state index in [1.54, 1.807) is 6.08 Å². The summed E-state index contributed by atoms with van der Waals surface area (Å²) in [6, 6.07) is 0. The molecule has 1 aromatic rings. The summed E-state index contributed by atoms with van der Waals surface area (Å²) < 4.78 is 7.07. The minimum absolute atomic E-state index is 0.203. The molecule has 16 heavy (non-hydrogen) atoms. The number of rotatable bonds is 2. The van der Waals surface area contributed by atoms with E-state index in [4.69, 9.17) is 4.74 Å². The second kappa shape index (κ2) is 2.46. The average molecular weight is 219 g/mol. The SMILES string of the molecule is C=CCn1c(O)c2c(c1O)C1CC2C2OC12. The molecular weight excluding hydrogens is 206 g/mol. The lowest BCUT2D eigenvalue weighted by molar-refractivity contribution is 0.288. The smallest absolute Gasteiger partial charge is 0.198 e. The van der Waals surface area contributed by atoms with Gasteiger partial charge in [-0.05, 0) is 6.42 Å². The third-order valence-electron chi connectivity index (χ3n) is 4.20. The van der Waals surface area contributed by atoms with Gasteiger partial charge in [-0.25, -0.2) is 0 Å². The molecule has 0 spiro atoms. The summed E-state index contributed by atoms with van der Waals surface area (Å²) in [7, 11) is 0. The van der Waals surface area contributed by atoms with Crippen LogP contribution in [0.5, 0.6) is 11.8 Å². The molecule has 1 saturated carbocycles. The van der Waals surface area contributed by atoms with Crippen molar-refractivity contribution >= 4 is 0 Å². The Morgan fingerprint density at radius 2 is 1.81 bits per heavy atom. The first-order valence-corrected chi connectivity index (χ1v) is 5.64. The van der Waals surface area contributed by atoms with E-state index in [0.717, 1.165) is 17.5 Å². The van der Waals surface area contributed by atoms with E-state index in [2.05, 4.69) is 6.58 Å². The van der Waals surface area contributed by atoms with Gasteiger partial charge in [0.2, 0.25) is 0 Å². The molecule has 1 aliphatic heterocycles. The fourth-order valence-corrected chi connectivity index (χ4v) is 3.55. The Kier molecular flexibility index (Phi) is 1.34. The highest BCUT2D eigenvalue weighted by Gasteiger charge is 2.64. The highest BCUT2D eigenvalue weighted by atomic mass is 16.6. The molecule has 2 N–H and O–H groups in total. The Hall–Kier alpha value is -1.42. The summed E-state index contributed by atoms with van der Waals surface area (Å²) in [4.78, 5) is 0. The lowest BCUT2D eigenvalue weighted by Gasteiger charge is -2.08. The molecule has 4 unspecified atom stereocenters. The highest BCUT2D eigenvalue weighted by molar-refractivity contribution is 5.58. The highest BCUT2D eigenvalue weighted by Crippen LogP contribution is 2.66. The minimum Gasteiger partial charge on any atom is -0.494 e. The van der Waals surface area contributed by atoms with Gasteiger partial charge in [0.25, 0.3) is 0 Å². The molecule has 0 radical (unpaired) electrons. The molecule has 4 atom stereocenters. The first-order chi connectivity index (χ1) is 7.74. The fourth-order valence-electron chi connectivity index (χ4n) is 3.55. The van der Waals surface area contributed by atoms with Gasteiger partial charge in [-0.2, -0.15) is 0 Å². The molecule has 2 bridgehead atoms. The van der Waals surface area contributed by atoms with Crippen LogP contribution in [0.2, 0.25) is 0 Å². The van der Waals surface area contributed by atoms with Crippen LogP contribution in [-0.4, -0.2) is 27.0 Å². The van der Waals surface area contributed by atoms with Gasteiger partial charge in [-0.3, -0.25) is 4.57 Å². The second-order valence-electron chi connectivity index (χ2n) is 4.89. The van der Waals surface area contributed by atoms with Crippen LogP contribution in [0.4, 0.5) is 0 Å². The summed E-state index contributed by atoms with van der Waals surface area (Å²) in [5.74, 6) is 0.992. The van der Waals surface area contributed by atoms with Crippen molar-refractivity contribution in [3.63, 3.8) is 0 Å². The van der Waals surface area contributed by atoms with Crippen molar-refractivity contribution in [1.29, 1.82) is 0 Å². The molecule has 1 saturated heterocycles. The summed E-state index contributed by atoms with van der Waals surface area (Å²) in [5.41, 5.74) is 1.84. The average Bonchev–Trinajstić information content (AvgIpc) is 2.81. The Labute approximate surface area is 92.8 Å². The zero-order valence-electron chi connectivity index (χ0n) is 8.76. The predicted molar refractivity (Wildman–Crippen MR) is 56.7 cm³/mol. The van der Waals surface area contributed by atoms with Gasteiger partial charge in [0.05, 0.1) is 12.2 Å². The largest absolute Gasteiger partial charge is 0.494 e. The van der Waals surface area contributed by atoms with Crippen LogP contribution >= 0.6 is 0 Å². The van der Waals surface area contributed by atoms with Crippen molar-refractivity contribution in [2.45, 2.75) is 37.0 Å². The molecule has 2 fully saturated rings. The summed E-state index contributed by atoms with van der Waals surface area (Å²) >= 11 is 0. The number of epoxide rings is 1. The first-order valence-electron chi connectivity index (χ1n) is 5.64. The van der Waals surface area contributed by atoms with Crippen molar-refractivity contribution < 1.29 is 14.9 Å². The standard InChI is InChI=1S/C12H13NO3/c1-2-3-13-11(14)7-5-4-6(8(7)12(13)15)10-9(5)16-10/h2,5-6,9-10,14-15H,1,3-4H2. The maximum absolute atomic E-state index is 10.1. The molecule has 4 rings (SSSR count). The van der Waals surface area contributed by atoms with Crippen LogP contribution < -0.4 is 0 Å². The number of hydrogen-bond acceptors (Lipinski definition) is 3. The number of aromatic hydroxyl groups is 2. The lowest BCUT2D eigenvalue weighted by atomic mass is 9.95. The van der Waals surface area contributed by atoms with Crippen molar-refractivity contribution in [3.05, 3.63) is 23.8 Å². The lowest BCUT2D eigenvalue weighted by Crippen LogP contribution is -2.04. The summed E-state index contributed by atoms with van der Waals surface area (Å²) in [6.07, 6.45) is 3.29. The topological polar surface area (TPSA) is 57.9 Å². The van der Waals surface area contributed by atoms with Crippen LogP contribution in [-0.2, 0) is 11.3 Å². The van der Waals surface area contributed by atoms with Crippen molar-refractivity contribution in [3.8, 4) is 11.8 Å². The van der Waals surface area contributed by atoms with Crippen LogP contribution in [0.3, 0.4) is 0 Å². The number of allylic oxidation sites excluding steroid dienone is 1. The Bertz CT molecular complexity index is 467. The fraction of sp³-hybridized carbons (Fsp3) is 0.500. The van der Waals surface area contributed by atoms with E-state index in [1.165, 1.54) is 4.57 Å². The van der Waals surface area contributed by atoms with Gasteiger partial charge in [0, 0.05) is 29.5 Å². The number of ether oxygens (including phenoxy) is 1. The van der Waals surface area contributed by atoms with Gasteiger partial charge in [-0.1, -0.05) is 6.08 Å². The Morgan fingerprint density at radius 3 is 2.31 bits per heavy atom. The van der Waals surface area contributed by atoms with Crippen LogP contribution in [0.25, 0.3) is 0 Å². The monoisotopic (exact) mass is 219 g/mol. The van der Waals surface area contributed by atoms with E-state index in [-0.39, 0.29) is 11.8 Å². The third-order valence-corrected chi connectivity index (χ3v) is 4.20. The number of fused-ring (bicyclic) bond motifs is 8. The summed E-state index contributed by atoms with van der Waals surface area (Å²) in [5, 5.41) is 20.2. The quantitative estimate of drug-likeness (QED) is 0.584. The number of aromatic nitrogens is 1. The van der Waals surface area contributed by atoms with E-state index in [0.29, 0.717) is 30.6 Å². The van der Waals surface area contributed by atoms with Crippen LogP contribution in [0.15, 0.2) is 12.7 Å². The van der Waals surface area contributed by atoms with Gasteiger partial charge in [-0.15, -0.1) is 6.58 Å². The molecule has 0 aromatic carbocycles. The maximum Gasteiger partial charge on any atom is 0.198 e. The van der Waals surface area contributed by atoms with E-state index < -0.39 is 0 Å².